The molecular formula is C16H22INO. The second-order valence-electron chi connectivity index (χ2n) is 5.63. The third-order valence-electron chi connectivity index (χ3n) is 4.00. The van der Waals surface area contributed by atoms with Gasteiger partial charge in [-0.25, -0.2) is 0 Å². The van der Waals surface area contributed by atoms with Crippen molar-refractivity contribution in [2.45, 2.75) is 32.6 Å². The van der Waals surface area contributed by atoms with E-state index in [0.717, 1.165) is 25.1 Å². The highest BCUT2D eigenvalue weighted by atomic mass is 127. The van der Waals surface area contributed by atoms with Gasteiger partial charge in [0.25, 0.3) is 0 Å². The van der Waals surface area contributed by atoms with Gasteiger partial charge in [-0.1, -0.05) is 19.1 Å². The first kappa shape index (κ1) is 15.0. The van der Waals surface area contributed by atoms with E-state index in [0.29, 0.717) is 24.0 Å². The van der Waals surface area contributed by atoms with Crippen LogP contribution in [-0.4, -0.2) is 18.9 Å². The first-order chi connectivity index (χ1) is 9.15. The van der Waals surface area contributed by atoms with Gasteiger partial charge in [0, 0.05) is 16.4 Å². The number of nitrogens with one attached hydrogen (secondary N) is 1. The van der Waals surface area contributed by atoms with Gasteiger partial charge in [-0.3, -0.25) is 4.79 Å². The maximum Gasteiger partial charge on any atom is 0.137 e. The first-order valence-electron chi connectivity index (χ1n) is 7.12. The molecule has 1 fully saturated rings. The molecule has 2 rings (SSSR count). The summed E-state index contributed by atoms with van der Waals surface area (Å²) in [6, 6.07) is 8.26. The number of Topliss-reactive ketones (excluding diaryl/α,β-unsaturated/α-hetero) is 1. The van der Waals surface area contributed by atoms with Gasteiger partial charge in [0.15, 0.2) is 0 Å². The number of hydrogen-bond acceptors (Lipinski definition) is 2. The van der Waals surface area contributed by atoms with Crippen molar-refractivity contribution in [1.82, 2.24) is 5.32 Å². The minimum atomic E-state index is 0.374. The van der Waals surface area contributed by atoms with Gasteiger partial charge < -0.3 is 5.32 Å². The molecule has 1 saturated heterocycles. The Bertz CT molecular complexity index is 409. The lowest BCUT2D eigenvalue weighted by atomic mass is 9.84. The molecule has 3 heteroatoms. The number of carbonyl (C=O) groups excluding carboxylic acids is 1. The van der Waals surface area contributed by atoms with Gasteiger partial charge in [-0.05, 0) is 78.1 Å². The maximum atomic E-state index is 12.1. The summed E-state index contributed by atoms with van der Waals surface area (Å²) in [5.74, 6) is 1.55. The van der Waals surface area contributed by atoms with Gasteiger partial charge in [-0.2, -0.15) is 0 Å². The van der Waals surface area contributed by atoms with Crippen molar-refractivity contribution in [3.8, 4) is 0 Å². The number of hydrogen-bond donors (Lipinski definition) is 1. The average molecular weight is 371 g/mol. The van der Waals surface area contributed by atoms with Gasteiger partial charge in [0.05, 0.1) is 0 Å². The molecule has 0 aliphatic carbocycles. The molecule has 0 amide bonds. The van der Waals surface area contributed by atoms with Crippen LogP contribution in [0.3, 0.4) is 0 Å². The Morgan fingerprint density at radius 2 is 2.16 bits per heavy atom. The molecule has 1 aromatic rings. The number of halogens is 1. The molecule has 1 N–H and O–H groups in total. The number of carbonyl (C=O) groups is 1. The largest absolute Gasteiger partial charge is 0.316 e. The highest BCUT2D eigenvalue weighted by Gasteiger charge is 2.21. The highest BCUT2D eigenvalue weighted by molar-refractivity contribution is 14.1. The van der Waals surface area contributed by atoms with Crippen LogP contribution in [0.5, 0.6) is 0 Å². The van der Waals surface area contributed by atoms with Gasteiger partial charge in [0.2, 0.25) is 0 Å². The standard InChI is InChI=1S/C16H22INO/c1-12(14-3-2-8-18-11-14)9-16(19)10-13-4-6-15(17)7-5-13/h4-7,12,14,18H,2-3,8-11H2,1H3. The molecular weight excluding hydrogens is 349 g/mol. The summed E-state index contributed by atoms with van der Waals surface area (Å²) in [4.78, 5) is 12.1. The van der Waals surface area contributed by atoms with Crippen LogP contribution in [-0.2, 0) is 11.2 Å². The van der Waals surface area contributed by atoms with Crippen LogP contribution in [0.25, 0.3) is 0 Å². The summed E-state index contributed by atoms with van der Waals surface area (Å²) >= 11 is 2.29. The van der Waals surface area contributed by atoms with Crippen molar-refractivity contribution in [2.75, 3.05) is 13.1 Å². The average Bonchev–Trinajstić information content (AvgIpc) is 2.42. The van der Waals surface area contributed by atoms with Crippen LogP contribution in [0.15, 0.2) is 24.3 Å². The molecule has 0 saturated carbocycles. The van der Waals surface area contributed by atoms with Crippen LogP contribution >= 0.6 is 22.6 Å². The second kappa shape index (κ2) is 7.39. The van der Waals surface area contributed by atoms with Crippen molar-refractivity contribution in [1.29, 1.82) is 0 Å². The fourth-order valence-electron chi connectivity index (χ4n) is 2.79. The molecule has 0 bridgehead atoms. The minimum Gasteiger partial charge on any atom is -0.316 e. The first-order valence-corrected chi connectivity index (χ1v) is 8.20. The van der Waals surface area contributed by atoms with Gasteiger partial charge >= 0.3 is 0 Å². The molecule has 0 radical (unpaired) electrons. The van der Waals surface area contributed by atoms with Crippen LogP contribution in [0, 0.1) is 15.4 Å². The highest BCUT2D eigenvalue weighted by Crippen LogP contribution is 2.23. The number of rotatable bonds is 5. The SMILES string of the molecule is CC(CC(=O)Cc1ccc(I)cc1)C1CCCNC1. The molecule has 1 heterocycles. The van der Waals surface area contributed by atoms with E-state index in [4.69, 9.17) is 0 Å². The van der Waals surface area contributed by atoms with Crippen LogP contribution < -0.4 is 5.32 Å². The lowest BCUT2D eigenvalue weighted by Gasteiger charge is -2.28. The van der Waals surface area contributed by atoms with E-state index in [2.05, 4.69) is 59.1 Å². The zero-order valence-corrected chi connectivity index (χ0v) is 13.7. The predicted octanol–water partition coefficient (Wildman–Crippen LogP) is 3.43. The van der Waals surface area contributed by atoms with E-state index in [1.165, 1.54) is 16.4 Å². The smallest absolute Gasteiger partial charge is 0.137 e. The summed E-state index contributed by atoms with van der Waals surface area (Å²) in [6.45, 7) is 4.45. The zero-order valence-electron chi connectivity index (χ0n) is 11.5. The van der Waals surface area contributed by atoms with E-state index in [1.807, 2.05) is 0 Å². The molecule has 1 aliphatic rings. The normalized spacial score (nSPS) is 21.1. The summed E-state index contributed by atoms with van der Waals surface area (Å²) in [7, 11) is 0. The van der Waals surface area contributed by atoms with Crippen molar-refractivity contribution in [3.05, 3.63) is 33.4 Å². The second-order valence-corrected chi connectivity index (χ2v) is 6.88. The molecule has 1 aromatic carbocycles. The van der Waals surface area contributed by atoms with E-state index >= 15 is 0 Å². The van der Waals surface area contributed by atoms with E-state index in [1.54, 1.807) is 0 Å². The van der Waals surface area contributed by atoms with E-state index in [9.17, 15) is 4.79 Å². The Kier molecular flexibility index (Phi) is 5.82. The van der Waals surface area contributed by atoms with Crippen molar-refractivity contribution in [3.63, 3.8) is 0 Å². The Hall–Kier alpha value is -0.420. The topological polar surface area (TPSA) is 29.1 Å². The monoisotopic (exact) mass is 371 g/mol. The molecule has 104 valence electrons. The predicted molar refractivity (Wildman–Crippen MR) is 87.2 cm³/mol. The summed E-state index contributed by atoms with van der Waals surface area (Å²) < 4.78 is 1.22. The lowest BCUT2D eigenvalue weighted by molar-refractivity contribution is -0.119. The van der Waals surface area contributed by atoms with Crippen molar-refractivity contribution in [2.24, 2.45) is 11.8 Å². The molecule has 0 spiro atoms. The number of ketones is 1. The fourth-order valence-corrected chi connectivity index (χ4v) is 3.15. The Labute approximate surface area is 129 Å². The Morgan fingerprint density at radius 3 is 2.79 bits per heavy atom. The quantitative estimate of drug-likeness (QED) is 0.804. The van der Waals surface area contributed by atoms with Crippen LogP contribution in [0.2, 0.25) is 0 Å². The van der Waals surface area contributed by atoms with Crippen LogP contribution in [0.1, 0.15) is 31.7 Å². The molecule has 2 atom stereocenters. The Balaban J connectivity index is 1.81. The Morgan fingerprint density at radius 1 is 1.42 bits per heavy atom. The summed E-state index contributed by atoms with van der Waals surface area (Å²) in [5, 5.41) is 3.43. The van der Waals surface area contributed by atoms with Gasteiger partial charge in [-0.15, -0.1) is 0 Å². The van der Waals surface area contributed by atoms with E-state index in [-0.39, 0.29) is 0 Å². The van der Waals surface area contributed by atoms with Crippen LogP contribution in [0.4, 0.5) is 0 Å². The number of benzene rings is 1. The van der Waals surface area contributed by atoms with Crippen molar-refractivity contribution >= 4 is 28.4 Å². The lowest BCUT2D eigenvalue weighted by Crippen LogP contribution is -2.34. The molecule has 19 heavy (non-hydrogen) atoms. The molecule has 2 nitrogen and oxygen atoms in total. The third-order valence-corrected chi connectivity index (χ3v) is 4.72. The summed E-state index contributed by atoms with van der Waals surface area (Å²) in [5.41, 5.74) is 1.14. The fraction of sp³-hybridized carbons (Fsp3) is 0.562. The minimum absolute atomic E-state index is 0.374. The zero-order chi connectivity index (χ0) is 13.7. The molecule has 2 unspecified atom stereocenters. The molecule has 1 aliphatic heterocycles. The molecule has 0 aromatic heterocycles. The maximum absolute atomic E-state index is 12.1. The third kappa shape index (κ3) is 4.88. The summed E-state index contributed by atoms with van der Waals surface area (Å²) in [6.07, 6.45) is 3.82. The van der Waals surface area contributed by atoms with Crippen molar-refractivity contribution < 1.29 is 4.79 Å². The number of piperidine rings is 1. The van der Waals surface area contributed by atoms with E-state index < -0.39 is 0 Å². The van der Waals surface area contributed by atoms with Gasteiger partial charge in [0.1, 0.15) is 5.78 Å².